The van der Waals surface area contributed by atoms with Gasteiger partial charge in [-0.2, -0.15) is 5.26 Å². The van der Waals surface area contributed by atoms with Crippen molar-refractivity contribution in [1.29, 1.82) is 5.26 Å². The summed E-state index contributed by atoms with van der Waals surface area (Å²) in [5.41, 5.74) is 3.45. The first-order valence-electron chi connectivity index (χ1n) is 3.85. The van der Waals surface area contributed by atoms with Crippen molar-refractivity contribution in [2.24, 2.45) is 0 Å². The molecule has 1 aromatic heterocycles. The Bertz CT molecular complexity index is 508. The average molecular weight is 248 g/mol. The third kappa shape index (κ3) is 2.94. The largest absolute Gasteiger partial charge is 0.573 e. The van der Waals surface area contributed by atoms with E-state index in [9.17, 15) is 23.3 Å². The Morgan fingerprint density at radius 2 is 2.18 bits per heavy atom. The highest BCUT2D eigenvalue weighted by atomic mass is 19.4. The summed E-state index contributed by atoms with van der Waals surface area (Å²) in [6.07, 6.45) is -5.06. The molecule has 1 aromatic rings. The number of nitro groups is 1. The highest BCUT2D eigenvalue weighted by molar-refractivity contribution is 5.57. The van der Waals surface area contributed by atoms with E-state index in [4.69, 9.17) is 11.0 Å². The number of alkyl halides is 3. The Balaban J connectivity index is 3.31. The van der Waals surface area contributed by atoms with Crippen LogP contribution in [0.2, 0.25) is 0 Å². The van der Waals surface area contributed by atoms with Crippen LogP contribution >= 0.6 is 0 Å². The lowest BCUT2D eigenvalue weighted by atomic mass is 10.3. The first-order chi connectivity index (χ1) is 7.74. The number of nitrogen functional groups attached to an aromatic ring is 1. The van der Waals surface area contributed by atoms with Crippen molar-refractivity contribution in [1.82, 2.24) is 4.98 Å². The van der Waals surface area contributed by atoms with Gasteiger partial charge in [0.2, 0.25) is 5.69 Å². The number of hydrogen-bond donors (Lipinski definition) is 1. The molecule has 2 N–H and O–H groups in total. The number of nitrogens with two attached hydrogens (primary N) is 1. The van der Waals surface area contributed by atoms with E-state index < -0.39 is 34.2 Å². The smallest absolute Gasteiger partial charge is 0.402 e. The zero-order valence-electron chi connectivity index (χ0n) is 7.85. The molecule has 0 aromatic carbocycles. The normalized spacial score (nSPS) is 10.7. The van der Waals surface area contributed by atoms with Crippen molar-refractivity contribution in [2.75, 3.05) is 5.73 Å². The molecular formula is C7H3F3N4O3. The van der Waals surface area contributed by atoms with Crippen LogP contribution in [-0.4, -0.2) is 16.3 Å². The minimum atomic E-state index is -5.06. The highest BCUT2D eigenvalue weighted by Gasteiger charge is 2.33. The van der Waals surface area contributed by atoms with Gasteiger partial charge >= 0.3 is 12.0 Å². The Labute approximate surface area is 91.4 Å². The summed E-state index contributed by atoms with van der Waals surface area (Å²) >= 11 is 0. The molecule has 0 aliphatic rings. The van der Waals surface area contributed by atoms with Crippen LogP contribution in [0.4, 0.5) is 24.7 Å². The van der Waals surface area contributed by atoms with Gasteiger partial charge in [0.05, 0.1) is 11.0 Å². The van der Waals surface area contributed by atoms with Crippen LogP contribution in [0.3, 0.4) is 0 Å². The minimum Gasteiger partial charge on any atom is -0.402 e. The summed E-state index contributed by atoms with van der Waals surface area (Å²) in [6.45, 7) is 0. The van der Waals surface area contributed by atoms with Gasteiger partial charge in [-0.15, -0.1) is 13.2 Å². The van der Waals surface area contributed by atoms with E-state index in [0.29, 0.717) is 6.07 Å². The first-order valence-corrected chi connectivity index (χ1v) is 3.85. The summed E-state index contributed by atoms with van der Waals surface area (Å²) in [6, 6.07) is 1.74. The van der Waals surface area contributed by atoms with Gasteiger partial charge in [-0.05, 0) is 0 Å². The third-order valence-electron chi connectivity index (χ3n) is 1.52. The lowest BCUT2D eigenvalue weighted by Crippen LogP contribution is -2.18. The lowest BCUT2D eigenvalue weighted by Gasteiger charge is -2.10. The van der Waals surface area contributed by atoms with E-state index in [0.717, 1.165) is 0 Å². The number of halogens is 3. The molecular weight excluding hydrogens is 245 g/mol. The van der Waals surface area contributed by atoms with Crippen molar-refractivity contribution in [3.8, 4) is 11.8 Å². The predicted octanol–water partition coefficient (Wildman–Crippen LogP) is 1.34. The van der Waals surface area contributed by atoms with Crippen LogP contribution in [0.15, 0.2) is 6.07 Å². The number of hydrogen-bond acceptors (Lipinski definition) is 6. The zero-order valence-corrected chi connectivity index (χ0v) is 7.85. The van der Waals surface area contributed by atoms with Gasteiger partial charge in [0.25, 0.3) is 0 Å². The SMILES string of the molecule is N#Cc1nc(N)c(OC(F)(F)F)cc1[N+](=O)[O-]. The molecule has 0 fully saturated rings. The number of nitrogens with zero attached hydrogens (tertiary/aromatic N) is 3. The molecule has 0 bridgehead atoms. The van der Waals surface area contributed by atoms with Crippen molar-refractivity contribution in [3.05, 3.63) is 21.9 Å². The molecule has 0 unspecified atom stereocenters. The van der Waals surface area contributed by atoms with Gasteiger partial charge < -0.3 is 10.5 Å². The Morgan fingerprint density at radius 3 is 2.59 bits per heavy atom. The fourth-order valence-corrected chi connectivity index (χ4v) is 0.927. The van der Waals surface area contributed by atoms with Gasteiger partial charge in [-0.25, -0.2) is 4.98 Å². The molecule has 90 valence electrons. The van der Waals surface area contributed by atoms with Crippen molar-refractivity contribution in [2.45, 2.75) is 6.36 Å². The maximum Gasteiger partial charge on any atom is 0.573 e. The van der Waals surface area contributed by atoms with Crippen molar-refractivity contribution >= 4 is 11.5 Å². The molecule has 10 heteroatoms. The summed E-state index contributed by atoms with van der Waals surface area (Å²) in [5, 5.41) is 18.9. The molecule has 0 spiro atoms. The molecule has 0 saturated heterocycles. The van der Waals surface area contributed by atoms with E-state index >= 15 is 0 Å². The standard InChI is InChI=1S/C7H3F3N4O3/c8-7(9,10)17-5-1-4(14(15)16)3(2-11)13-6(5)12/h1H,(H2,12,13). The molecule has 7 nitrogen and oxygen atoms in total. The second kappa shape index (κ2) is 4.12. The van der Waals surface area contributed by atoms with Gasteiger partial charge in [0.1, 0.15) is 6.07 Å². The summed E-state index contributed by atoms with van der Waals surface area (Å²) in [4.78, 5) is 12.5. The van der Waals surface area contributed by atoms with Crippen LogP contribution in [0.25, 0.3) is 0 Å². The first kappa shape index (κ1) is 12.5. The number of nitriles is 1. The molecule has 0 aliphatic carbocycles. The van der Waals surface area contributed by atoms with E-state index in [1.54, 1.807) is 0 Å². The second-order valence-corrected chi connectivity index (χ2v) is 2.66. The number of pyridine rings is 1. The van der Waals surface area contributed by atoms with E-state index in [-0.39, 0.29) is 0 Å². The van der Waals surface area contributed by atoms with Crippen LogP contribution in [0.1, 0.15) is 5.69 Å². The number of rotatable bonds is 2. The molecule has 0 atom stereocenters. The highest BCUT2D eigenvalue weighted by Crippen LogP contribution is 2.31. The fraction of sp³-hybridized carbons (Fsp3) is 0.143. The predicted molar refractivity (Wildman–Crippen MR) is 46.7 cm³/mol. The van der Waals surface area contributed by atoms with Gasteiger partial charge in [-0.3, -0.25) is 10.1 Å². The minimum absolute atomic E-state index is 0.397. The molecule has 1 rings (SSSR count). The fourth-order valence-electron chi connectivity index (χ4n) is 0.927. The zero-order chi connectivity index (χ0) is 13.2. The Morgan fingerprint density at radius 1 is 1.59 bits per heavy atom. The van der Waals surface area contributed by atoms with E-state index in [1.807, 2.05) is 0 Å². The van der Waals surface area contributed by atoms with Crippen LogP contribution < -0.4 is 10.5 Å². The average Bonchev–Trinajstić information content (AvgIpc) is 2.18. The van der Waals surface area contributed by atoms with Crippen LogP contribution in [0, 0.1) is 21.4 Å². The second-order valence-electron chi connectivity index (χ2n) is 2.66. The lowest BCUT2D eigenvalue weighted by molar-refractivity contribution is -0.385. The maximum absolute atomic E-state index is 11.9. The molecule has 0 aliphatic heterocycles. The summed E-state index contributed by atoms with van der Waals surface area (Å²) in [7, 11) is 0. The molecule has 0 amide bonds. The molecule has 0 radical (unpaired) electrons. The van der Waals surface area contributed by atoms with Crippen molar-refractivity contribution in [3.63, 3.8) is 0 Å². The number of anilines is 1. The molecule has 1 heterocycles. The topological polar surface area (TPSA) is 115 Å². The third-order valence-corrected chi connectivity index (χ3v) is 1.52. The molecule has 0 saturated carbocycles. The van der Waals surface area contributed by atoms with E-state index in [2.05, 4.69) is 9.72 Å². The Kier molecular flexibility index (Phi) is 3.03. The van der Waals surface area contributed by atoms with Gasteiger partial charge in [0.15, 0.2) is 11.6 Å². The van der Waals surface area contributed by atoms with Crippen LogP contribution in [-0.2, 0) is 0 Å². The quantitative estimate of drug-likeness (QED) is 0.623. The number of ether oxygens (including phenoxy) is 1. The van der Waals surface area contributed by atoms with Gasteiger partial charge in [0, 0.05) is 0 Å². The molecule has 17 heavy (non-hydrogen) atoms. The number of aromatic nitrogens is 1. The Hall–Kier alpha value is -2.57. The van der Waals surface area contributed by atoms with E-state index in [1.165, 1.54) is 6.07 Å². The maximum atomic E-state index is 11.9. The summed E-state index contributed by atoms with van der Waals surface area (Å²) in [5.74, 6) is -1.78. The van der Waals surface area contributed by atoms with Crippen molar-refractivity contribution < 1.29 is 22.8 Å². The monoisotopic (exact) mass is 248 g/mol. The van der Waals surface area contributed by atoms with Crippen LogP contribution in [0.5, 0.6) is 5.75 Å². The van der Waals surface area contributed by atoms with Gasteiger partial charge in [-0.1, -0.05) is 0 Å². The summed E-state index contributed by atoms with van der Waals surface area (Å²) < 4.78 is 39.1.